The Morgan fingerprint density at radius 2 is 2.00 bits per heavy atom. The number of benzene rings is 1. The molecule has 0 radical (unpaired) electrons. The summed E-state index contributed by atoms with van der Waals surface area (Å²) < 4.78 is 5.28. The summed E-state index contributed by atoms with van der Waals surface area (Å²) in [4.78, 5) is 14.3. The zero-order valence-electron chi connectivity index (χ0n) is 11.1. The van der Waals surface area contributed by atoms with Crippen LogP contribution >= 0.6 is 0 Å². The van der Waals surface area contributed by atoms with Gasteiger partial charge in [0.15, 0.2) is 5.78 Å². The highest BCUT2D eigenvalue weighted by Gasteiger charge is 2.50. The van der Waals surface area contributed by atoms with E-state index in [2.05, 4.69) is 11.0 Å². The fourth-order valence-electron chi connectivity index (χ4n) is 3.37. The van der Waals surface area contributed by atoms with E-state index < -0.39 is 0 Å². The monoisotopic (exact) mass is 266 g/mol. The lowest BCUT2D eigenvalue weighted by molar-refractivity contribution is -0.173. The minimum absolute atomic E-state index is 0.0630. The van der Waals surface area contributed by atoms with Gasteiger partial charge in [0.05, 0.1) is 24.3 Å². The first-order chi connectivity index (χ1) is 9.72. The maximum atomic E-state index is 12.2. The van der Waals surface area contributed by atoms with E-state index in [4.69, 9.17) is 4.74 Å². The average molecular weight is 266 g/mol. The number of ketones is 1. The first-order valence-corrected chi connectivity index (χ1v) is 6.81. The smallest absolute Gasteiger partial charge is 0.179 e. The largest absolute Gasteiger partial charge is 0.380 e. The molecule has 2 aliphatic heterocycles. The highest BCUT2D eigenvalue weighted by molar-refractivity contribution is 6.10. The summed E-state index contributed by atoms with van der Waals surface area (Å²) in [6, 6.07) is 10.0. The molecule has 1 spiro atoms. The lowest BCUT2D eigenvalue weighted by Gasteiger charge is -2.57. The predicted octanol–water partition coefficient (Wildman–Crippen LogP) is 1.38. The van der Waals surface area contributed by atoms with Gasteiger partial charge in [-0.3, -0.25) is 4.79 Å². The molecule has 4 heteroatoms. The molecule has 2 fully saturated rings. The van der Waals surface area contributed by atoms with Crippen molar-refractivity contribution in [2.75, 3.05) is 26.3 Å². The summed E-state index contributed by atoms with van der Waals surface area (Å²) in [6.07, 6.45) is 0.338. The molecule has 100 valence electrons. The Kier molecular flexibility index (Phi) is 2.30. The van der Waals surface area contributed by atoms with Crippen LogP contribution in [0.2, 0.25) is 0 Å². The predicted molar refractivity (Wildman–Crippen MR) is 72.5 cm³/mol. The van der Waals surface area contributed by atoms with Crippen LogP contribution in [-0.2, 0) is 16.0 Å². The summed E-state index contributed by atoms with van der Waals surface area (Å²) in [5.41, 5.74) is 3.48. The summed E-state index contributed by atoms with van der Waals surface area (Å²) in [5, 5.41) is 9.35. The van der Waals surface area contributed by atoms with E-state index in [-0.39, 0.29) is 11.2 Å². The summed E-state index contributed by atoms with van der Waals surface area (Å²) >= 11 is 0. The second kappa shape index (κ2) is 3.94. The van der Waals surface area contributed by atoms with Gasteiger partial charge in [0.2, 0.25) is 0 Å². The molecule has 0 unspecified atom stereocenters. The van der Waals surface area contributed by atoms with Crippen LogP contribution in [0.3, 0.4) is 0 Å². The molecule has 1 aromatic carbocycles. The highest BCUT2D eigenvalue weighted by atomic mass is 16.5. The number of likely N-dealkylation sites (tertiary alicyclic amines) is 1. The van der Waals surface area contributed by atoms with E-state index in [1.165, 1.54) is 0 Å². The van der Waals surface area contributed by atoms with Crippen LogP contribution in [0.1, 0.15) is 11.1 Å². The maximum Gasteiger partial charge on any atom is 0.179 e. The van der Waals surface area contributed by atoms with Gasteiger partial charge >= 0.3 is 0 Å². The lowest BCUT2D eigenvalue weighted by atomic mass is 9.76. The molecule has 4 rings (SSSR count). The van der Waals surface area contributed by atoms with E-state index in [0.717, 1.165) is 43.1 Å². The Balaban J connectivity index is 1.77. The van der Waals surface area contributed by atoms with Gasteiger partial charge in [-0.15, -0.1) is 0 Å². The number of ether oxygens (including phenoxy) is 1. The molecule has 0 aromatic heterocycles. The third kappa shape index (κ3) is 1.47. The molecule has 1 aliphatic carbocycles. The van der Waals surface area contributed by atoms with Crippen molar-refractivity contribution < 1.29 is 9.53 Å². The first-order valence-electron chi connectivity index (χ1n) is 6.81. The zero-order valence-corrected chi connectivity index (χ0v) is 11.1. The Hall–Kier alpha value is -2.12. The summed E-state index contributed by atoms with van der Waals surface area (Å²) in [6.45, 7) is 3.37. The van der Waals surface area contributed by atoms with E-state index in [9.17, 15) is 10.1 Å². The number of hydrogen-bond donors (Lipinski definition) is 0. The van der Waals surface area contributed by atoms with Crippen molar-refractivity contribution in [2.45, 2.75) is 6.42 Å². The van der Waals surface area contributed by atoms with Gasteiger partial charge in [-0.05, 0) is 5.56 Å². The Morgan fingerprint density at radius 1 is 1.25 bits per heavy atom. The van der Waals surface area contributed by atoms with Gasteiger partial charge in [0, 0.05) is 25.1 Å². The quantitative estimate of drug-likeness (QED) is 0.770. The van der Waals surface area contributed by atoms with E-state index in [1.807, 2.05) is 24.3 Å². The molecule has 3 aliphatic rings. The number of carbonyl (C=O) groups is 1. The van der Waals surface area contributed by atoms with Crippen LogP contribution in [-0.4, -0.2) is 37.0 Å². The van der Waals surface area contributed by atoms with Gasteiger partial charge in [-0.25, -0.2) is 0 Å². The SMILES string of the molecule is N#CC1=C(N2CC3(COC3)C2)c2ccccc2CC1=O. The van der Waals surface area contributed by atoms with Gasteiger partial charge in [-0.1, -0.05) is 24.3 Å². The molecule has 0 N–H and O–H groups in total. The van der Waals surface area contributed by atoms with Crippen LogP contribution in [0.5, 0.6) is 0 Å². The molecule has 0 bridgehead atoms. The molecule has 2 saturated heterocycles. The number of allylic oxidation sites excluding steroid dienone is 1. The van der Waals surface area contributed by atoms with Crippen molar-refractivity contribution in [3.8, 4) is 6.07 Å². The average Bonchev–Trinajstić information content (AvgIpc) is 2.35. The number of carbonyl (C=O) groups excluding carboxylic acids is 1. The van der Waals surface area contributed by atoms with Crippen LogP contribution in [0, 0.1) is 16.7 Å². The summed E-state index contributed by atoms with van der Waals surface area (Å²) in [5.74, 6) is -0.0630. The van der Waals surface area contributed by atoms with Crippen molar-refractivity contribution in [1.82, 2.24) is 4.90 Å². The van der Waals surface area contributed by atoms with Crippen LogP contribution in [0.25, 0.3) is 5.70 Å². The van der Waals surface area contributed by atoms with E-state index in [0.29, 0.717) is 12.0 Å². The number of rotatable bonds is 1. The molecule has 20 heavy (non-hydrogen) atoms. The van der Waals surface area contributed by atoms with E-state index in [1.54, 1.807) is 0 Å². The fraction of sp³-hybridized carbons (Fsp3) is 0.375. The summed E-state index contributed by atoms with van der Waals surface area (Å²) in [7, 11) is 0. The molecule has 4 nitrogen and oxygen atoms in total. The van der Waals surface area contributed by atoms with Crippen molar-refractivity contribution in [3.63, 3.8) is 0 Å². The second-order valence-electron chi connectivity index (χ2n) is 5.94. The topological polar surface area (TPSA) is 53.3 Å². The Labute approximate surface area is 117 Å². The van der Waals surface area contributed by atoms with Gasteiger partial charge in [0.1, 0.15) is 11.6 Å². The number of nitrogens with zero attached hydrogens (tertiary/aromatic N) is 2. The fourth-order valence-corrected chi connectivity index (χ4v) is 3.37. The van der Waals surface area contributed by atoms with Gasteiger partial charge < -0.3 is 9.64 Å². The number of Topliss-reactive ketones (excluding diaryl/α,β-unsaturated/α-hetero) is 1. The number of nitriles is 1. The normalized spacial score (nSPS) is 22.9. The molecular formula is C16H14N2O2. The van der Waals surface area contributed by atoms with Gasteiger partial charge in [0.25, 0.3) is 0 Å². The molecular weight excluding hydrogens is 252 g/mol. The highest BCUT2D eigenvalue weighted by Crippen LogP contribution is 2.44. The third-order valence-corrected chi connectivity index (χ3v) is 4.44. The van der Waals surface area contributed by atoms with Crippen molar-refractivity contribution >= 4 is 11.5 Å². The van der Waals surface area contributed by atoms with Crippen molar-refractivity contribution in [2.24, 2.45) is 5.41 Å². The molecule has 0 amide bonds. The van der Waals surface area contributed by atoms with E-state index >= 15 is 0 Å². The third-order valence-electron chi connectivity index (χ3n) is 4.44. The van der Waals surface area contributed by atoms with Crippen LogP contribution in [0.4, 0.5) is 0 Å². The first kappa shape index (κ1) is 11.7. The standard InChI is InChI=1S/C16H14N2O2/c17-6-13-14(19)5-11-3-1-2-4-12(11)15(13)18-7-16(8-18)9-20-10-16/h1-4H,5,7-10H2. The molecule has 0 atom stereocenters. The molecule has 1 aromatic rings. The zero-order chi connectivity index (χ0) is 13.7. The number of fused-ring (bicyclic) bond motifs is 1. The minimum Gasteiger partial charge on any atom is -0.380 e. The minimum atomic E-state index is -0.0630. The Morgan fingerprint density at radius 3 is 2.65 bits per heavy atom. The van der Waals surface area contributed by atoms with Gasteiger partial charge in [-0.2, -0.15) is 5.26 Å². The lowest BCUT2D eigenvalue weighted by Crippen LogP contribution is -2.65. The van der Waals surface area contributed by atoms with Crippen LogP contribution < -0.4 is 0 Å². The Bertz CT molecular complexity index is 672. The van der Waals surface area contributed by atoms with Crippen molar-refractivity contribution in [3.05, 3.63) is 41.0 Å². The van der Waals surface area contributed by atoms with Crippen molar-refractivity contribution in [1.29, 1.82) is 5.26 Å². The second-order valence-corrected chi connectivity index (χ2v) is 5.94. The maximum absolute atomic E-state index is 12.2. The molecule has 2 heterocycles. The van der Waals surface area contributed by atoms with Crippen LogP contribution in [0.15, 0.2) is 29.8 Å². The molecule has 0 saturated carbocycles. The number of hydrogen-bond acceptors (Lipinski definition) is 4.